The summed E-state index contributed by atoms with van der Waals surface area (Å²) in [5, 5.41) is 6.88. The first-order valence-corrected chi connectivity index (χ1v) is 9.74. The van der Waals surface area contributed by atoms with Crippen molar-refractivity contribution in [3.05, 3.63) is 57.8 Å². The van der Waals surface area contributed by atoms with E-state index in [0.717, 1.165) is 32.1 Å². The van der Waals surface area contributed by atoms with E-state index in [1.54, 1.807) is 0 Å². The molecule has 0 saturated carbocycles. The Bertz CT molecular complexity index is 683. The summed E-state index contributed by atoms with van der Waals surface area (Å²) in [5.41, 5.74) is 1.27. The molecule has 0 radical (unpaired) electrons. The molecule has 0 aliphatic carbocycles. The molecule has 0 bridgehead atoms. The van der Waals surface area contributed by atoms with E-state index >= 15 is 0 Å². The van der Waals surface area contributed by atoms with Crippen LogP contribution in [-0.4, -0.2) is 26.2 Å². The van der Waals surface area contributed by atoms with Crippen molar-refractivity contribution < 1.29 is 4.74 Å². The van der Waals surface area contributed by atoms with Gasteiger partial charge in [-0.1, -0.05) is 30.3 Å². The van der Waals surface area contributed by atoms with Crippen molar-refractivity contribution in [3.63, 3.8) is 0 Å². The molecule has 0 spiro atoms. The van der Waals surface area contributed by atoms with Gasteiger partial charge in [-0.2, -0.15) is 0 Å². The van der Waals surface area contributed by atoms with Crippen molar-refractivity contribution in [1.82, 2.24) is 10.6 Å². The molecule has 2 unspecified atom stereocenters. The van der Waals surface area contributed by atoms with E-state index in [1.807, 2.05) is 18.4 Å². The first kappa shape index (κ1) is 18.0. The molecule has 1 aromatic heterocycles. The number of thiophene rings is 1. The number of hydrogen-bond donors (Lipinski definition) is 2. The highest BCUT2D eigenvalue weighted by Gasteiger charge is 2.27. The fraction of sp³-hybridized carbons (Fsp3) is 0.450. The van der Waals surface area contributed by atoms with Gasteiger partial charge >= 0.3 is 0 Å². The maximum absolute atomic E-state index is 6.08. The zero-order valence-corrected chi connectivity index (χ0v) is 15.8. The van der Waals surface area contributed by atoms with Gasteiger partial charge in [-0.3, -0.25) is 4.99 Å². The summed E-state index contributed by atoms with van der Waals surface area (Å²) in [6, 6.07) is 14.9. The van der Waals surface area contributed by atoms with Crippen molar-refractivity contribution in [2.45, 2.75) is 32.4 Å². The van der Waals surface area contributed by atoms with Crippen molar-refractivity contribution in [2.75, 3.05) is 20.2 Å². The van der Waals surface area contributed by atoms with E-state index in [1.165, 1.54) is 21.7 Å². The van der Waals surface area contributed by atoms with Crippen LogP contribution < -0.4 is 10.6 Å². The fourth-order valence-electron chi connectivity index (χ4n) is 3.26. The standard InChI is InChI=1S/C20H27N3OS/c1-15-10-11-18(25-15)14-23-20(21-2)22-13-17-9-6-12-24-19(17)16-7-4-3-5-8-16/h3-5,7-8,10-11,17,19H,6,9,12-14H2,1-2H3,(H2,21,22,23). The number of guanidine groups is 1. The van der Waals surface area contributed by atoms with E-state index in [0.29, 0.717) is 5.92 Å². The Labute approximate surface area is 154 Å². The third-order valence-corrected chi connectivity index (χ3v) is 5.55. The van der Waals surface area contributed by atoms with Crippen LogP contribution in [0.2, 0.25) is 0 Å². The van der Waals surface area contributed by atoms with Gasteiger partial charge in [0.25, 0.3) is 0 Å². The molecule has 134 valence electrons. The summed E-state index contributed by atoms with van der Waals surface area (Å²) >= 11 is 1.82. The molecule has 1 aliphatic rings. The number of aryl methyl sites for hydroxylation is 1. The second kappa shape index (κ2) is 9.02. The van der Waals surface area contributed by atoms with Gasteiger partial charge in [0.1, 0.15) is 0 Å². The Hall–Kier alpha value is -1.85. The summed E-state index contributed by atoms with van der Waals surface area (Å²) in [4.78, 5) is 7.01. The van der Waals surface area contributed by atoms with E-state index in [2.05, 4.69) is 65.0 Å². The van der Waals surface area contributed by atoms with Crippen LogP contribution in [0.15, 0.2) is 47.5 Å². The molecule has 1 aliphatic heterocycles. The molecule has 3 rings (SSSR count). The first-order chi connectivity index (χ1) is 12.3. The molecule has 5 heteroatoms. The molecule has 4 nitrogen and oxygen atoms in total. The van der Waals surface area contributed by atoms with Gasteiger partial charge in [-0.15, -0.1) is 11.3 Å². The minimum atomic E-state index is 0.167. The van der Waals surface area contributed by atoms with Crippen molar-refractivity contribution >= 4 is 17.3 Å². The van der Waals surface area contributed by atoms with Crippen LogP contribution in [0.3, 0.4) is 0 Å². The van der Waals surface area contributed by atoms with Crippen molar-refractivity contribution in [2.24, 2.45) is 10.9 Å². The number of ether oxygens (including phenoxy) is 1. The van der Waals surface area contributed by atoms with Gasteiger partial charge < -0.3 is 15.4 Å². The molecule has 2 atom stereocenters. The van der Waals surface area contributed by atoms with Crippen LogP contribution in [0.1, 0.15) is 34.3 Å². The predicted molar refractivity (Wildman–Crippen MR) is 105 cm³/mol. The maximum Gasteiger partial charge on any atom is 0.191 e. The lowest BCUT2D eigenvalue weighted by Gasteiger charge is -2.32. The summed E-state index contributed by atoms with van der Waals surface area (Å²) in [6.45, 7) is 4.65. The minimum Gasteiger partial charge on any atom is -0.373 e. The zero-order chi connectivity index (χ0) is 17.5. The number of aliphatic imine (C=N–C) groups is 1. The SMILES string of the molecule is CN=C(NCc1ccc(C)s1)NCC1CCCOC1c1ccccc1. The third kappa shape index (κ3) is 5.06. The van der Waals surface area contributed by atoms with Gasteiger partial charge in [-0.05, 0) is 37.5 Å². The molecular formula is C20H27N3OS. The Morgan fingerprint density at radius 1 is 1.20 bits per heavy atom. The maximum atomic E-state index is 6.08. The van der Waals surface area contributed by atoms with Crippen molar-refractivity contribution in [1.29, 1.82) is 0 Å². The van der Waals surface area contributed by atoms with Crippen molar-refractivity contribution in [3.8, 4) is 0 Å². The monoisotopic (exact) mass is 357 g/mol. The van der Waals surface area contributed by atoms with Crippen LogP contribution >= 0.6 is 11.3 Å². The summed E-state index contributed by atoms with van der Waals surface area (Å²) in [7, 11) is 1.82. The number of hydrogen-bond acceptors (Lipinski definition) is 3. The summed E-state index contributed by atoms with van der Waals surface area (Å²) < 4.78 is 6.08. The molecule has 2 heterocycles. The van der Waals surface area contributed by atoms with E-state index in [-0.39, 0.29) is 6.10 Å². The summed E-state index contributed by atoms with van der Waals surface area (Å²) in [5.74, 6) is 1.31. The molecule has 1 saturated heterocycles. The second-order valence-corrected chi connectivity index (χ2v) is 7.80. The van der Waals surface area contributed by atoms with Gasteiger partial charge in [0.05, 0.1) is 12.6 Å². The minimum absolute atomic E-state index is 0.167. The van der Waals surface area contributed by atoms with Crippen LogP contribution in [0, 0.1) is 12.8 Å². The smallest absolute Gasteiger partial charge is 0.191 e. The highest BCUT2D eigenvalue weighted by molar-refractivity contribution is 7.11. The molecule has 25 heavy (non-hydrogen) atoms. The van der Waals surface area contributed by atoms with E-state index < -0.39 is 0 Å². The Morgan fingerprint density at radius 3 is 2.76 bits per heavy atom. The van der Waals surface area contributed by atoms with Crippen LogP contribution in [0.4, 0.5) is 0 Å². The molecule has 1 aromatic carbocycles. The number of rotatable bonds is 5. The average molecular weight is 358 g/mol. The Kier molecular flexibility index (Phi) is 6.48. The molecule has 2 aromatic rings. The third-order valence-electron chi connectivity index (χ3n) is 4.55. The number of benzene rings is 1. The molecule has 1 fully saturated rings. The van der Waals surface area contributed by atoms with E-state index in [9.17, 15) is 0 Å². The van der Waals surface area contributed by atoms with Gasteiger partial charge in [0, 0.05) is 35.9 Å². The predicted octanol–water partition coefficient (Wildman–Crippen LogP) is 3.89. The normalized spacial score (nSPS) is 21.1. The Balaban J connectivity index is 1.54. The van der Waals surface area contributed by atoms with Crippen LogP contribution in [0.25, 0.3) is 0 Å². The highest BCUT2D eigenvalue weighted by Crippen LogP contribution is 2.33. The van der Waals surface area contributed by atoms with Gasteiger partial charge in [-0.25, -0.2) is 0 Å². The lowest BCUT2D eigenvalue weighted by molar-refractivity contribution is -0.0265. The van der Waals surface area contributed by atoms with E-state index in [4.69, 9.17) is 4.74 Å². The summed E-state index contributed by atoms with van der Waals surface area (Å²) in [6.07, 6.45) is 2.46. The molecular weight excluding hydrogens is 330 g/mol. The zero-order valence-electron chi connectivity index (χ0n) is 15.0. The molecule has 2 N–H and O–H groups in total. The van der Waals surface area contributed by atoms with Gasteiger partial charge in [0.2, 0.25) is 0 Å². The molecule has 0 amide bonds. The first-order valence-electron chi connectivity index (χ1n) is 8.92. The largest absolute Gasteiger partial charge is 0.373 e. The lowest BCUT2D eigenvalue weighted by Crippen LogP contribution is -2.41. The highest BCUT2D eigenvalue weighted by atomic mass is 32.1. The van der Waals surface area contributed by atoms with Gasteiger partial charge in [0.15, 0.2) is 5.96 Å². The number of nitrogens with zero attached hydrogens (tertiary/aromatic N) is 1. The lowest BCUT2D eigenvalue weighted by atomic mass is 9.89. The topological polar surface area (TPSA) is 45.7 Å². The van der Waals surface area contributed by atoms with Crippen LogP contribution in [-0.2, 0) is 11.3 Å². The average Bonchev–Trinajstić information content (AvgIpc) is 3.08. The fourth-order valence-corrected chi connectivity index (χ4v) is 4.09. The quantitative estimate of drug-likeness (QED) is 0.630. The second-order valence-electron chi connectivity index (χ2n) is 6.42. The Morgan fingerprint density at radius 2 is 2.04 bits per heavy atom. The van der Waals surface area contributed by atoms with Crippen LogP contribution in [0.5, 0.6) is 0 Å². The number of nitrogens with one attached hydrogen (secondary N) is 2.